The van der Waals surface area contributed by atoms with Crippen molar-refractivity contribution in [1.82, 2.24) is 0 Å². The Hall–Kier alpha value is -1.77. The fraction of sp³-hybridized carbons (Fsp3) is 0.100. The summed E-state index contributed by atoms with van der Waals surface area (Å²) in [6, 6.07) is 8.49. The van der Waals surface area contributed by atoms with Gasteiger partial charge in [-0.3, -0.25) is 4.79 Å². The third-order valence-corrected chi connectivity index (χ3v) is 11.1. The molecule has 130 valence electrons. The summed E-state index contributed by atoms with van der Waals surface area (Å²) in [7, 11) is -2.33. The zero-order valence-electron chi connectivity index (χ0n) is 14.1. The first-order valence-electron chi connectivity index (χ1n) is 8.20. The van der Waals surface area contributed by atoms with Crippen LogP contribution < -0.4 is 5.19 Å². The Bertz CT molecular complexity index is 1050. The standard InChI is InChI=1S/C20H16INO2SSi/c1-3-10-26(2)17-11-12(23)4-5-13(17)22-14-6-7-15(24)19(20(14)26)16-8-9-18(21)25-16/h3-9,11,24H,1,10H2,2H3. The van der Waals surface area contributed by atoms with E-state index in [0.29, 0.717) is 0 Å². The van der Waals surface area contributed by atoms with Crippen LogP contribution in [-0.4, -0.2) is 24.7 Å². The number of phenolic OH excluding ortho intramolecular Hbond substituents is 1. The summed E-state index contributed by atoms with van der Waals surface area (Å²) in [4.78, 5) is 17.9. The van der Waals surface area contributed by atoms with E-state index < -0.39 is 8.07 Å². The largest absolute Gasteiger partial charge is 0.507 e. The number of thiophene rings is 1. The summed E-state index contributed by atoms with van der Waals surface area (Å²) in [5.41, 5.74) is 2.62. The molecule has 0 saturated heterocycles. The van der Waals surface area contributed by atoms with Crippen LogP contribution in [0.2, 0.25) is 12.6 Å². The molecule has 1 N–H and O–H groups in total. The van der Waals surface area contributed by atoms with E-state index in [0.717, 1.165) is 41.2 Å². The van der Waals surface area contributed by atoms with Gasteiger partial charge >= 0.3 is 0 Å². The predicted molar refractivity (Wildman–Crippen MR) is 120 cm³/mol. The molecule has 1 aliphatic heterocycles. The van der Waals surface area contributed by atoms with E-state index in [2.05, 4.69) is 41.8 Å². The maximum absolute atomic E-state index is 12.1. The van der Waals surface area contributed by atoms with Crippen LogP contribution in [0.15, 0.2) is 65.3 Å². The van der Waals surface area contributed by atoms with Gasteiger partial charge in [0.05, 0.1) is 14.3 Å². The summed E-state index contributed by atoms with van der Waals surface area (Å²) in [6.45, 7) is 6.20. The van der Waals surface area contributed by atoms with E-state index >= 15 is 0 Å². The lowest BCUT2D eigenvalue weighted by atomic mass is 10.1. The third kappa shape index (κ3) is 2.67. The molecule has 2 aliphatic rings. The van der Waals surface area contributed by atoms with Crippen LogP contribution in [0.1, 0.15) is 0 Å². The second kappa shape index (κ2) is 6.44. The number of phenols is 1. The number of hydrogen-bond acceptors (Lipinski definition) is 4. The van der Waals surface area contributed by atoms with Crippen LogP contribution in [0.25, 0.3) is 10.4 Å². The van der Waals surface area contributed by atoms with Crippen molar-refractivity contribution in [2.45, 2.75) is 12.6 Å². The Morgan fingerprint density at radius 1 is 1.31 bits per heavy atom. The lowest BCUT2D eigenvalue weighted by Gasteiger charge is -2.37. The summed E-state index contributed by atoms with van der Waals surface area (Å²) < 4.78 is 1.16. The Morgan fingerprint density at radius 2 is 2.12 bits per heavy atom. The van der Waals surface area contributed by atoms with E-state index in [9.17, 15) is 9.90 Å². The molecule has 0 bridgehead atoms. The number of fused-ring (bicyclic) bond motifs is 2. The maximum atomic E-state index is 12.1. The normalized spacial score (nSPS) is 20.9. The average Bonchev–Trinajstić information content (AvgIpc) is 3.03. The molecule has 3 nitrogen and oxygen atoms in total. The van der Waals surface area contributed by atoms with Gasteiger partial charge in [0.25, 0.3) is 0 Å². The third-order valence-electron chi connectivity index (χ3n) is 4.89. The Kier molecular flexibility index (Phi) is 4.36. The first-order chi connectivity index (χ1) is 12.4. The second-order valence-electron chi connectivity index (χ2n) is 6.57. The second-order valence-corrected chi connectivity index (χ2v) is 13.7. The first kappa shape index (κ1) is 17.6. The van der Waals surface area contributed by atoms with Crippen LogP contribution in [0.4, 0.5) is 5.69 Å². The molecule has 0 radical (unpaired) electrons. The monoisotopic (exact) mass is 489 g/mol. The van der Waals surface area contributed by atoms with E-state index in [1.165, 1.54) is 0 Å². The van der Waals surface area contributed by atoms with Crippen molar-refractivity contribution < 1.29 is 9.90 Å². The molecule has 1 aromatic carbocycles. The van der Waals surface area contributed by atoms with Crippen LogP contribution in [0, 0.1) is 2.88 Å². The Morgan fingerprint density at radius 3 is 2.81 bits per heavy atom. The average molecular weight is 489 g/mol. The van der Waals surface area contributed by atoms with E-state index in [1.807, 2.05) is 24.3 Å². The minimum atomic E-state index is -2.33. The fourth-order valence-corrected chi connectivity index (χ4v) is 9.48. The van der Waals surface area contributed by atoms with Gasteiger partial charge in [-0.15, -0.1) is 17.9 Å². The van der Waals surface area contributed by atoms with Gasteiger partial charge in [0, 0.05) is 10.4 Å². The number of allylic oxidation sites excluding steroid dienone is 5. The predicted octanol–water partition coefficient (Wildman–Crippen LogP) is 4.89. The lowest BCUT2D eigenvalue weighted by Crippen LogP contribution is -2.52. The smallest absolute Gasteiger partial charge is 0.178 e. The molecule has 0 saturated carbocycles. The summed E-state index contributed by atoms with van der Waals surface area (Å²) in [5, 5.41) is 12.8. The molecule has 4 rings (SSSR count). The molecular formula is C20H16INO2SSi. The highest BCUT2D eigenvalue weighted by Gasteiger charge is 2.43. The highest BCUT2D eigenvalue weighted by atomic mass is 127. The maximum Gasteiger partial charge on any atom is 0.178 e. The lowest BCUT2D eigenvalue weighted by molar-refractivity contribution is -0.110. The number of carbonyl (C=O) groups excluding carboxylic acids is 1. The van der Waals surface area contributed by atoms with Crippen molar-refractivity contribution >= 4 is 64.4 Å². The van der Waals surface area contributed by atoms with Crippen molar-refractivity contribution in [2.24, 2.45) is 4.99 Å². The number of rotatable bonds is 3. The Balaban J connectivity index is 2.09. The molecule has 1 aliphatic carbocycles. The minimum Gasteiger partial charge on any atom is -0.507 e. The van der Waals surface area contributed by atoms with Crippen molar-refractivity contribution in [3.8, 4) is 16.2 Å². The SMILES string of the molecule is C=CC[Si]1(C)C2=CC(=O)C=CC2=Nc2ccc(O)c(-c3ccc(I)s3)c21. The molecule has 1 aromatic heterocycles. The van der Waals surface area contributed by atoms with Gasteiger partial charge in [-0.25, -0.2) is 4.99 Å². The van der Waals surface area contributed by atoms with E-state index in [1.54, 1.807) is 29.6 Å². The van der Waals surface area contributed by atoms with Gasteiger partial charge in [0.2, 0.25) is 0 Å². The Labute approximate surface area is 170 Å². The van der Waals surface area contributed by atoms with Crippen LogP contribution >= 0.6 is 33.9 Å². The van der Waals surface area contributed by atoms with Gasteiger partial charge in [-0.1, -0.05) is 12.6 Å². The summed E-state index contributed by atoms with van der Waals surface area (Å²) in [6.07, 6.45) is 7.03. The van der Waals surface area contributed by atoms with Gasteiger partial charge in [0.15, 0.2) is 5.78 Å². The van der Waals surface area contributed by atoms with E-state index in [-0.39, 0.29) is 11.5 Å². The molecular weight excluding hydrogens is 473 g/mol. The number of nitrogens with zero attached hydrogens (tertiary/aromatic N) is 1. The zero-order chi connectivity index (χ0) is 18.5. The van der Waals surface area contributed by atoms with Crippen molar-refractivity contribution in [2.75, 3.05) is 0 Å². The molecule has 26 heavy (non-hydrogen) atoms. The van der Waals surface area contributed by atoms with Gasteiger partial charge in [-0.2, -0.15) is 0 Å². The number of carbonyl (C=O) groups is 1. The van der Waals surface area contributed by atoms with E-state index in [4.69, 9.17) is 4.99 Å². The highest BCUT2D eigenvalue weighted by Crippen LogP contribution is 2.42. The van der Waals surface area contributed by atoms with Crippen LogP contribution in [0.3, 0.4) is 0 Å². The zero-order valence-corrected chi connectivity index (χ0v) is 18.1. The first-order valence-corrected chi connectivity index (χ1v) is 12.8. The quantitative estimate of drug-likeness (QED) is 0.289. The van der Waals surface area contributed by atoms with Crippen LogP contribution in [0.5, 0.6) is 5.75 Å². The van der Waals surface area contributed by atoms with Crippen molar-refractivity contribution in [1.29, 1.82) is 0 Å². The van der Waals surface area contributed by atoms with Crippen molar-refractivity contribution in [3.63, 3.8) is 0 Å². The van der Waals surface area contributed by atoms with Gasteiger partial charge in [-0.05, 0) is 81.5 Å². The number of hydrogen-bond donors (Lipinski definition) is 1. The summed E-state index contributed by atoms with van der Waals surface area (Å²) in [5.74, 6) is 0.263. The summed E-state index contributed by atoms with van der Waals surface area (Å²) >= 11 is 3.94. The molecule has 1 atom stereocenters. The number of aromatic hydroxyl groups is 1. The number of ketones is 1. The fourth-order valence-electron chi connectivity index (χ4n) is 3.75. The number of aliphatic imine (C=N–C) groups is 1. The number of benzene rings is 1. The molecule has 0 amide bonds. The molecule has 2 aromatic rings. The minimum absolute atomic E-state index is 0.00226. The highest BCUT2D eigenvalue weighted by molar-refractivity contribution is 14.1. The number of halogens is 1. The molecule has 6 heteroatoms. The molecule has 0 fully saturated rings. The molecule has 2 heterocycles. The molecule has 0 spiro atoms. The van der Waals surface area contributed by atoms with Gasteiger partial charge < -0.3 is 5.11 Å². The van der Waals surface area contributed by atoms with Crippen LogP contribution in [-0.2, 0) is 4.79 Å². The molecule has 1 unspecified atom stereocenters. The van der Waals surface area contributed by atoms with Gasteiger partial charge in [0.1, 0.15) is 13.8 Å². The topological polar surface area (TPSA) is 49.7 Å². The van der Waals surface area contributed by atoms with Crippen molar-refractivity contribution in [3.05, 3.63) is 63.2 Å².